The maximum absolute atomic E-state index is 12.9. The zero-order valence-electron chi connectivity index (χ0n) is 18.3. The van der Waals surface area contributed by atoms with Crippen LogP contribution in [0.5, 0.6) is 0 Å². The van der Waals surface area contributed by atoms with E-state index < -0.39 is 15.0 Å². The van der Waals surface area contributed by atoms with Gasteiger partial charge in [-0.3, -0.25) is 19.0 Å². The summed E-state index contributed by atoms with van der Waals surface area (Å²) in [6, 6.07) is 6.29. The van der Waals surface area contributed by atoms with Gasteiger partial charge in [-0.15, -0.1) is 3.71 Å². The van der Waals surface area contributed by atoms with Crippen molar-refractivity contribution in [1.82, 2.24) is 8.61 Å². The van der Waals surface area contributed by atoms with E-state index in [2.05, 4.69) is 35.8 Å². The molecule has 2 rings (SSSR count). The number of unbranched alkanes of at least 4 members (excludes halogenated alkanes) is 1. The summed E-state index contributed by atoms with van der Waals surface area (Å²) < 4.78 is 22.1. The first-order valence-electron chi connectivity index (χ1n) is 10.5. The SMILES string of the molecule is CCCCN(CC)CC(=O)N(C)c1ccc(N2CCCC(N(S)S(=O)(O)=S)C2=O)cc1. The molecule has 1 saturated heterocycles. The van der Waals surface area contributed by atoms with Crippen LogP contribution in [-0.4, -0.2) is 68.5 Å². The Balaban J connectivity index is 2.08. The Kier molecular flexibility index (Phi) is 9.71. The van der Waals surface area contributed by atoms with E-state index in [9.17, 15) is 18.4 Å². The Morgan fingerprint density at radius 3 is 2.52 bits per heavy atom. The van der Waals surface area contributed by atoms with Crippen molar-refractivity contribution in [2.45, 2.75) is 45.6 Å². The van der Waals surface area contributed by atoms with Gasteiger partial charge in [-0.2, -0.15) is 0 Å². The van der Waals surface area contributed by atoms with Crippen LogP contribution in [-0.2, 0) is 29.7 Å². The molecule has 2 amide bonds. The lowest BCUT2D eigenvalue weighted by molar-refractivity contribution is -0.122. The third-order valence-corrected chi connectivity index (χ3v) is 7.95. The Bertz CT molecular complexity index is 864. The number of benzene rings is 1. The fourth-order valence-corrected chi connectivity index (χ4v) is 4.55. The summed E-state index contributed by atoms with van der Waals surface area (Å²) in [5.41, 5.74) is 1.40. The average molecular weight is 489 g/mol. The zero-order valence-corrected chi connectivity index (χ0v) is 20.8. The second kappa shape index (κ2) is 11.6. The van der Waals surface area contributed by atoms with Crippen LogP contribution < -0.4 is 9.80 Å². The molecule has 0 aliphatic carbocycles. The van der Waals surface area contributed by atoms with Gasteiger partial charge in [0.2, 0.25) is 20.8 Å². The molecule has 0 aromatic heterocycles. The molecule has 0 saturated carbocycles. The number of likely N-dealkylation sites (N-methyl/N-ethyl adjacent to an activating group) is 2. The molecule has 1 aliphatic rings. The Morgan fingerprint density at radius 1 is 1.32 bits per heavy atom. The minimum atomic E-state index is -3.75. The summed E-state index contributed by atoms with van der Waals surface area (Å²) >= 11 is 8.55. The first kappa shape index (κ1) is 26.0. The van der Waals surface area contributed by atoms with Crippen molar-refractivity contribution >= 4 is 56.2 Å². The highest BCUT2D eigenvalue weighted by Gasteiger charge is 2.36. The number of thiol groups is 1. The average Bonchev–Trinajstić information content (AvgIpc) is 2.75. The lowest BCUT2D eigenvalue weighted by atomic mass is 10.0. The van der Waals surface area contributed by atoms with Crippen molar-refractivity contribution in [2.24, 2.45) is 0 Å². The van der Waals surface area contributed by atoms with Gasteiger partial charge in [0.15, 0.2) is 0 Å². The Morgan fingerprint density at radius 2 is 1.97 bits per heavy atom. The molecule has 174 valence electrons. The molecule has 1 aromatic carbocycles. The highest BCUT2D eigenvalue weighted by atomic mass is 32.9. The second-order valence-electron chi connectivity index (χ2n) is 7.59. The summed E-state index contributed by atoms with van der Waals surface area (Å²) in [6.07, 6.45) is 3.22. The normalized spacial score (nSPS) is 19.0. The largest absolute Gasteiger partial charge is 0.314 e. The number of rotatable bonds is 10. The first-order valence-corrected chi connectivity index (χ1v) is 13.3. The van der Waals surface area contributed by atoms with Crippen molar-refractivity contribution in [3.05, 3.63) is 24.3 Å². The Hall–Kier alpha value is -1.24. The minimum absolute atomic E-state index is 0.00804. The van der Waals surface area contributed by atoms with E-state index in [1.54, 1.807) is 41.1 Å². The molecule has 0 bridgehead atoms. The van der Waals surface area contributed by atoms with Crippen LogP contribution in [0.2, 0.25) is 0 Å². The van der Waals surface area contributed by atoms with Gasteiger partial charge in [-0.1, -0.05) is 33.1 Å². The number of carbonyl (C=O) groups excluding carboxylic acids is 2. The number of piperidine rings is 1. The number of carbonyl (C=O) groups is 2. The highest BCUT2D eigenvalue weighted by Crippen LogP contribution is 2.27. The van der Waals surface area contributed by atoms with Crippen molar-refractivity contribution in [2.75, 3.05) is 43.0 Å². The lowest BCUT2D eigenvalue weighted by Crippen LogP contribution is -2.51. The highest BCUT2D eigenvalue weighted by molar-refractivity contribution is 8.30. The van der Waals surface area contributed by atoms with Crippen LogP contribution in [0.25, 0.3) is 0 Å². The molecular formula is C20H32N4O4S3. The zero-order chi connectivity index (χ0) is 23.2. The summed E-state index contributed by atoms with van der Waals surface area (Å²) in [6.45, 7) is 6.76. The number of nitrogens with zero attached hydrogens (tertiary/aromatic N) is 4. The van der Waals surface area contributed by atoms with Crippen molar-refractivity contribution < 1.29 is 18.4 Å². The summed E-state index contributed by atoms with van der Waals surface area (Å²) in [5, 5.41) is 0. The van der Waals surface area contributed by atoms with E-state index in [4.69, 9.17) is 0 Å². The predicted octanol–water partition coefficient (Wildman–Crippen LogP) is 2.55. The smallest absolute Gasteiger partial charge is 0.246 e. The lowest BCUT2D eigenvalue weighted by Gasteiger charge is -2.35. The summed E-state index contributed by atoms with van der Waals surface area (Å²) in [5.74, 6) is -0.312. The molecule has 1 N–H and O–H groups in total. The molecule has 0 spiro atoms. The molecule has 0 radical (unpaired) electrons. The third-order valence-electron chi connectivity index (χ3n) is 5.47. The molecule has 1 aliphatic heterocycles. The molecule has 8 nitrogen and oxygen atoms in total. The standard InChI is InChI=1S/C20H32N4O4S3/c1-4-6-13-22(5-2)15-19(25)21(3)16-9-11-17(12-10-16)23-14-7-8-18(20(23)26)24(29)31(27,28)30/h9-12,18,29H,4-8,13-15H2,1-3H3,(H,27,28,30). The molecular weight excluding hydrogens is 456 g/mol. The van der Waals surface area contributed by atoms with Gasteiger partial charge < -0.3 is 9.80 Å². The molecule has 1 fully saturated rings. The Labute approximate surface area is 195 Å². The molecule has 2 unspecified atom stereocenters. The first-order chi connectivity index (χ1) is 14.6. The van der Waals surface area contributed by atoms with Crippen LogP contribution in [0.4, 0.5) is 11.4 Å². The van der Waals surface area contributed by atoms with Gasteiger partial charge in [0, 0.05) is 36.2 Å². The van der Waals surface area contributed by atoms with Crippen LogP contribution in [0.1, 0.15) is 39.5 Å². The minimum Gasteiger partial charge on any atom is -0.314 e. The molecule has 1 aromatic rings. The van der Waals surface area contributed by atoms with Gasteiger partial charge in [-0.25, -0.2) is 4.21 Å². The van der Waals surface area contributed by atoms with Crippen LogP contribution in [0, 0.1) is 0 Å². The predicted molar refractivity (Wildman–Crippen MR) is 131 cm³/mol. The van der Waals surface area contributed by atoms with Gasteiger partial charge >= 0.3 is 0 Å². The summed E-state index contributed by atoms with van der Waals surface area (Å²) in [7, 11) is -2.01. The molecule has 31 heavy (non-hydrogen) atoms. The van der Waals surface area contributed by atoms with Gasteiger partial charge in [0.1, 0.15) is 6.04 Å². The quantitative estimate of drug-likeness (QED) is 0.493. The van der Waals surface area contributed by atoms with Gasteiger partial charge in [-0.05, 0) is 56.6 Å². The van der Waals surface area contributed by atoms with Crippen molar-refractivity contribution in [3.8, 4) is 0 Å². The fourth-order valence-electron chi connectivity index (χ4n) is 3.51. The third kappa shape index (κ3) is 6.87. The van der Waals surface area contributed by atoms with E-state index in [0.29, 0.717) is 31.6 Å². The van der Waals surface area contributed by atoms with Crippen molar-refractivity contribution in [1.29, 1.82) is 0 Å². The van der Waals surface area contributed by atoms with E-state index in [1.807, 2.05) is 6.92 Å². The molecule has 2 atom stereocenters. The molecule has 11 heteroatoms. The maximum atomic E-state index is 12.9. The maximum Gasteiger partial charge on any atom is 0.246 e. The fraction of sp³-hybridized carbons (Fsp3) is 0.600. The molecule has 1 heterocycles. The van der Waals surface area contributed by atoms with Crippen LogP contribution >= 0.6 is 12.8 Å². The van der Waals surface area contributed by atoms with Crippen LogP contribution in [0.3, 0.4) is 0 Å². The van der Waals surface area contributed by atoms with Gasteiger partial charge in [0.05, 0.1) is 6.54 Å². The number of amides is 2. The summed E-state index contributed by atoms with van der Waals surface area (Å²) in [4.78, 5) is 30.8. The number of hydrogen-bond acceptors (Lipinski definition) is 6. The van der Waals surface area contributed by atoms with E-state index in [1.165, 1.54) is 0 Å². The van der Waals surface area contributed by atoms with E-state index in [0.717, 1.165) is 35.3 Å². The topological polar surface area (TPSA) is 84.4 Å². The number of anilines is 2. The van der Waals surface area contributed by atoms with Gasteiger partial charge in [0.25, 0.3) is 0 Å². The van der Waals surface area contributed by atoms with E-state index >= 15 is 0 Å². The second-order valence-corrected chi connectivity index (χ2v) is 10.9. The van der Waals surface area contributed by atoms with Crippen molar-refractivity contribution in [3.63, 3.8) is 0 Å². The van der Waals surface area contributed by atoms with E-state index in [-0.39, 0.29) is 11.8 Å². The number of hydrogen-bond donors (Lipinski definition) is 2. The van der Waals surface area contributed by atoms with Crippen LogP contribution in [0.15, 0.2) is 24.3 Å². The monoisotopic (exact) mass is 488 g/mol.